The molecule has 0 unspecified atom stereocenters. The van der Waals surface area contributed by atoms with Crippen molar-refractivity contribution in [3.63, 3.8) is 0 Å². The van der Waals surface area contributed by atoms with Crippen LogP contribution in [0.15, 0.2) is 18.2 Å². The first-order valence-corrected chi connectivity index (χ1v) is 7.92. The molecule has 0 aromatic heterocycles. The molecule has 0 radical (unpaired) electrons. The van der Waals surface area contributed by atoms with Gasteiger partial charge in [-0.05, 0) is 63.6 Å². The summed E-state index contributed by atoms with van der Waals surface area (Å²) in [5, 5.41) is 0. The fraction of sp³-hybridized carbons (Fsp3) is 0.556. The average Bonchev–Trinajstić information content (AvgIpc) is 3.28. The Morgan fingerprint density at radius 2 is 2.00 bits per heavy atom. The van der Waals surface area contributed by atoms with Gasteiger partial charge in [-0.15, -0.1) is 0 Å². The normalized spacial score (nSPS) is 14.0. The van der Waals surface area contributed by atoms with Crippen molar-refractivity contribution in [3.8, 4) is 0 Å². The molecule has 21 heavy (non-hydrogen) atoms. The minimum absolute atomic E-state index is 0.108. The summed E-state index contributed by atoms with van der Waals surface area (Å²) in [6, 6.07) is 5.91. The third-order valence-corrected chi connectivity index (χ3v) is 4.24. The van der Waals surface area contributed by atoms with Gasteiger partial charge < -0.3 is 4.90 Å². The number of hydrogen-bond donors (Lipinski definition) is 0. The topological polar surface area (TPSA) is 37.4 Å². The van der Waals surface area contributed by atoms with Crippen molar-refractivity contribution in [1.82, 2.24) is 4.90 Å². The van der Waals surface area contributed by atoms with Crippen LogP contribution >= 0.6 is 0 Å². The molecule has 3 heteroatoms. The van der Waals surface area contributed by atoms with E-state index >= 15 is 0 Å². The number of hydrogen-bond acceptors (Lipinski definition) is 2. The largest absolute Gasteiger partial charge is 0.343 e. The Kier molecular flexibility index (Phi) is 5.16. The highest BCUT2D eigenvalue weighted by Crippen LogP contribution is 2.31. The summed E-state index contributed by atoms with van der Waals surface area (Å²) in [6.45, 7) is 7.33. The molecule has 0 spiro atoms. The Hall–Kier alpha value is -1.64. The van der Waals surface area contributed by atoms with Crippen molar-refractivity contribution in [2.75, 3.05) is 13.1 Å². The third kappa shape index (κ3) is 4.16. The number of Topliss-reactive ketones (excluding diaryl/α,β-unsaturated/α-hetero) is 1. The van der Waals surface area contributed by atoms with Crippen LogP contribution < -0.4 is 0 Å². The van der Waals surface area contributed by atoms with E-state index in [2.05, 4.69) is 6.92 Å². The first kappa shape index (κ1) is 15.7. The number of ketones is 1. The van der Waals surface area contributed by atoms with Gasteiger partial charge in [0.15, 0.2) is 5.78 Å². The van der Waals surface area contributed by atoms with Gasteiger partial charge in [0.2, 0.25) is 5.91 Å². The van der Waals surface area contributed by atoms with Gasteiger partial charge in [-0.25, -0.2) is 0 Å². The van der Waals surface area contributed by atoms with E-state index in [1.807, 2.05) is 30.0 Å². The molecule has 1 saturated carbocycles. The number of amides is 1. The van der Waals surface area contributed by atoms with Crippen LogP contribution in [0.3, 0.4) is 0 Å². The molecule has 1 aromatic rings. The second kappa shape index (κ2) is 6.88. The van der Waals surface area contributed by atoms with Gasteiger partial charge in [-0.1, -0.05) is 12.1 Å². The van der Waals surface area contributed by atoms with Gasteiger partial charge in [0, 0.05) is 24.6 Å². The van der Waals surface area contributed by atoms with E-state index in [1.54, 1.807) is 6.92 Å². The number of nitrogens with zero attached hydrogens (tertiary/aromatic N) is 1. The smallest absolute Gasteiger partial charge is 0.225 e. The summed E-state index contributed by atoms with van der Waals surface area (Å²) in [6.07, 6.45) is 4.08. The molecule has 0 heterocycles. The number of carbonyl (C=O) groups excluding carboxylic acids is 2. The van der Waals surface area contributed by atoms with Crippen LogP contribution in [0.5, 0.6) is 0 Å². The molecule has 0 saturated heterocycles. The van der Waals surface area contributed by atoms with Crippen LogP contribution in [-0.4, -0.2) is 29.7 Å². The molecule has 0 aliphatic heterocycles. The van der Waals surface area contributed by atoms with Gasteiger partial charge >= 0.3 is 0 Å². The summed E-state index contributed by atoms with van der Waals surface area (Å²) in [5.41, 5.74) is 3.21. The average molecular weight is 287 g/mol. The van der Waals surface area contributed by atoms with E-state index in [9.17, 15) is 9.59 Å². The highest BCUT2D eigenvalue weighted by atomic mass is 16.2. The zero-order valence-corrected chi connectivity index (χ0v) is 13.3. The summed E-state index contributed by atoms with van der Waals surface area (Å²) in [7, 11) is 0. The lowest BCUT2D eigenvalue weighted by Crippen LogP contribution is -2.33. The fourth-order valence-electron chi connectivity index (χ4n) is 2.67. The molecule has 3 nitrogen and oxygen atoms in total. The first-order valence-electron chi connectivity index (χ1n) is 7.92. The van der Waals surface area contributed by atoms with E-state index in [0.29, 0.717) is 11.8 Å². The molecule has 1 amide bonds. The standard InChI is InChI=1S/C18H25NO2/c1-4-19(18(21)16-8-9-16)11-5-6-15-7-10-17(14(3)20)12-13(15)2/h7,10,12,16H,4-6,8-9,11H2,1-3H3. The summed E-state index contributed by atoms with van der Waals surface area (Å²) in [4.78, 5) is 25.4. The maximum Gasteiger partial charge on any atom is 0.225 e. The summed E-state index contributed by atoms with van der Waals surface area (Å²) < 4.78 is 0. The zero-order chi connectivity index (χ0) is 15.4. The lowest BCUT2D eigenvalue weighted by Gasteiger charge is -2.21. The van der Waals surface area contributed by atoms with Crippen molar-refractivity contribution in [2.45, 2.75) is 46.5 Å². The highest BCUT2D eigenvalue weighted by molar-refractivity contribution is 5.94. The Morgan fingerprint density at radius 3 is 2.52 bits per heavy atom. The van der Waals surface area contributed by atoms with Crippen LogP contribution in [0.4, 0.5) is 0 Å². The van der Waals surface area contributed by atoms with Gasteiger partial charge in [0.05, 0.1) is 0 Å². The predicted octanol–water partition coefficient (Wildman–Crippen LogP) is 3.39. The molecular weight excluding hydrogens is 262 g/mol. The van der Waals surface area contributed by atoms with E-state index in [0.717, 1.165) is 44.3 Å². The van der Waals surface area contributed by atoms with Gasteiger partial charge in [-0.2, -0.15) is 0 Å². The van der Waals surface area contributed by atoms with Crippen LogP contribution in [-0.2, 0) is 11.2 Å². The first-order chi connectivity index (χ1) is 10.0. The van der Waals surface area contributed by atoms with Crippen molar-refractivity contribution in [1.29, 1.82) is 0 Å². The molecular formula is C18H25NO2. The predicted molar refractivity (Wildman–Crippen MR) is 84.5 cm³/mol. The van der Waals surface area contributed by atoms with Gasteiger partial charge in [0.1, 0.15) is 0 Å². The Bertz CT molecular complexity index is 532. The molecule has 0 atom stereocenters. The maximum absolute atomic E-state index is 12.1. The lowest BCUT2D eigenvalue weighted by atomic mass is 9.99. The molecule has 0 bridgehead atoms. The van der Waals surface area contributed by atoms with Crippen LogP contribution in [0.2, 0.25) is 0 Å². The molecule has 114 valence electrons. The van der Waals surface area contributed by atoms with Crippen molar-refractivity contribution >= 4 is 11.7 Å². The Morgan fingerprint density at radius 1 is 1.29 bits per heavy atom. The van der Waals surface area contributed by atoms with E-state index < -0.39 is 0 Å². The second-order valence-corrected chi connectivity index (χ2v) is 5.99. The highest BCUT2D eigenvalue weighted by Gasteiger charge is 2.32. The SMILES string of the molecule is CCN(CCCc1ccc(C(C)=O)cc1C)C(=O)C1CC1. The molecule has 1 aliphatic rings. The Balaban J connectivity index is 1.87. The van der Waals surface area contributed by atoms with Crippen molar-refractivity contribution in [3.05, 3.63) is 34.9 Å². The Labute approximate surface area is 127 Å². The number of carbonyl (C=O) groups is 2. The summed E-state index contributed by atoms with van der Waals surface area (Å²) in [5.74, 6) is 0.750. The number of rotatable bonds is 7. The number of benzene rings is 1. The van der Waals surface area contributed by atoms with E-state index in [4.69, 9.17) is 0 Å². The monoisotopic (exact) mass is 287 g/mol. The van der Waals surface area contributed by atoms with E-state index in [-0.39, 0.29) is 5.78 Å². The lowest BCUT2D eigenvalue weighted by molar-refractivity contribution is -0.132. The molecule has 2 rings (SSSR count). The zero-order valence-electron chi connectivity index (χ0n) is 13.3. The second-order valence-electron chi connectivity index (χ2n) is 5.99. The van der Waals surface area contributed by atoms with Crippen LogP contribution in [0.1, 0.15) is 54.6 Å². The molecule has 0 N–H and O–H groups in total. The molecule has 1 aromatic carbocycles. The minimum atomic E-state index is 0.108. The molecule has 1 aliphatic carbocycles. The third-order valence-electron chi connectivity index (χ3n) is 4.24. The van der Waals surface area contributed by atoms with E-state index in [1.165, 1.54) is 11.1 Å². The quantitative estimate of drug-likeness (QED) is 0.721. The van der Waals surface area contributed by atoms with Crippen LogP contribution in [0.25, 0.3) is 0 Å². The number of aryl methyl sites for hydroxylation is 2. The van der Waals surface area contributed by atoms with Crippen LogP contribution in [0, 0.1) is 12.8 Å². The molecule has 1 fully saturated rings. The minimum Gasteiger partial charge on any atom is -0.343 e. The van der Waals surface area contributed by atoms with Crippen molar-refractivity contribution < 1.29 is 9.59 Å². The fourth-order valence-corrected chi connectivity index (χ4v) is 2.67. The maximum atomic E-state index is 12.1. The van der Waals surface area contributed by atoms with Gasteiger partial charge in [-0.3, -0.25) is 9.59 Å². The van der Waals surface area contributed by atoms with Crippen molar-refractivity contribution in [2.24, 2.45) is 5.92 Å². The van der Waals surface area contributed by atoms with Gasteiger partial charge in [0.25, 0.3) is 0 Å². The summed E-state index contributed by atoms with van der Waals surface area (Å²) >= 11 is 0.